The van der Waals surface area contributed by atoms with Gasteiger partial charge in [-0.05, 0) is 6.92 Å². The number of aldehydes is 1. The zero-order valence-electron chi connectivity index (χ0n) is 13.3. The molecule has 1 fully saturated rings. The average molecular weight is 428 g/mol. The van der Waals surface area contributed by atoms with Crippen LogP contribution in [0.1, 0.15) is 6.92 Å². The van der Waals surface area contributed by atoms with Crippen LogP contribution in [0.25, 0.3) is 0 Å². The molecule has 0 spiro atoms. The first-order valence-electron chi connectivity index (χ1n) is 7.08. The first kappa shape index (κ1) is 22.1. The van der Waals surface area contributed by atoms with Crippen molar-refractivity contribution < 1.29 is 57.9 Å². The van der Waals surface area contributed by atoms with Crippen molar-refractivity contribution in [3.63, 3.8) is 0 Å². The lowest BCUT2D eigenvalue weighted by Crippen LogP contribution is -2.85. The van der Waals surface area contributed by atoms with Crippen LogP contribution in [0.15, 0.2) is 28.9 Å². The summed E-state index contributed by atoms with van der Waals surface area (Å²) in [4.78, 5) is 21.8. The van der Waals surface area contributed by atoms with Crippen LogP contribution >= 0.6 is 0 Å². The molecular weight excluding hydrogens is 421 g/mol. The smallest absolute Gasteiger partial charge is 0.298 e. The Hall–Kier alpha value is -2.17. The van der Waals surface area contributed by atoms with Crippen molar-refractivity contribution in [3.8, 4) is 0 Å². The molecule has 28 heavy (non-hydrogen) atoms. The van der Waals surface area contributed by atoms with Gasteiger partial charge in [-0.1, -0.05) is 17.7 Å². The number of hydrogen-bond acceptors (Lipinski definition) is 2. The Balaban J connectivity index is 2.98. The lowest BCUT2D eigenvalue weighted by molar-refractivity contribution is -0.488. The number of rotatable bonds is 2. The highest BCUT2D eigenvalue weighted by Gasteiger charge is 3.02. The predicted octanol–water partition coefficient (Wildman–Crippen LogP) is 4.34. The summed E-state index contributed by atoms with van der Waals surface area (Å²) in [6.07, 6.45) is 0.654. The highest BCUT2D eigenvalue weighted by Crippen LogP contribution is 2.72. The molecule has 2 nitrogen and oxygen atoms in total. The summed E-state index contributed by atoms with van der Waals surface area (Å²) in [7, 11) is 0. The van der Waals surface area contributed by atoms with Crippen molar-refractivity contribution in [2.45, 2.75) is 42.2 Å². The third-order valence-electron chi connectivity index (χ3n) is 4.71. The Bertz CT molecular complexity index is 801. The Morgan fingerprint density at radius 3 is 1.54 bits per heavy atom. The summed E-state index contributed by atoms with van der Waals surface area (Å²) in [5, 5.41) is 0. The van der Waals surface area contributed by atoms with Crippen LogP contribution in [0.3, 0.4) is 0 Å². The number of hydrogen-bond donors (Lipinski definition) is 0. The van der Waals surface area contributed by atoms with Gasteiger partial charge in [0.1, 0.15) is 5.94 Å². The van der Waals surface area contributed by atoms with E-state index in [4.69, 9.17) is 0 Å². The number of halogens is 11. The van der Waals surface area contributed by atoms with Crippen LogP contribution in [0.5, 0.6) is 0 Å². The highest BCUT2D eigenvalue weighted by atomic mass is 19.4. The monoisotopic (exact) mass is 428 g/mol. The maximum Gasteiger partial charge on any atom is 0.384 e. The molecule has 2 aliphatic rings. The molecule has 0 saturated heterocycles. The van der Waals surface area contributed by atoms with E-state index in [2.05, 4.69) is 0 Å². The topological polar surface area (TPSA) is 34.1 Å². The molecule has 0 bridgehead atoms. The Morgan fingerprint density at radius 1 is 0.786 bits per heavy atom. The highest BCUT2D eigenvalue weighted by molar-refractivity contribution is 5.88. The fourth-order valence-electron chi connectivity index (χ4n) is 3.14. The Morgan fingerprint density at radius 2 is 1.18 bits per heavy atom. The maximum absolute atomic E-state index is 15.2. The van der Waals surface area contributed by atoms with Gasteiger partial charge in [-0.15, -0.1) is 0 Å². The lowest BCUT2D eigenvalue weighted by atomic mass is 9.61. The summed E-state index contributed by atoms with van der Waals surface area (Å²) in [5.74, 6) is -39.2. The second-order valence-corrected chi connectivity index (χ2v) is 6.18. The van der Waals surface area contributed by atoms with Gasteiger partial charge in [0.2, 0.25) is 0 Å². The van der Waals surface area contributed by atoms with Crippen LogP contribution < -0.4 is 0 Å². The molecule has 2 aliphatic carbocycles. The summed E-state index contributed by atoms with van der Waals surface area (Å²) in [5.41, 5.74) is -10.4. The normalized spacial score (nSPS) is 31.3. The van der Waals surface area contributed by atoms with Gasteiger partial charge in [0.25, 0.3) is 5.67 Å². The van der Waals surface area contributed by atoms with Gasteiger partial charge >= 0.3 is 29.6 Å². The van der Waals surface area contributed by atoms with Gasteiger partial charge in [0, 0.05) is 5.57 Å². The fraction of sp³-hybridized carbons (Fsp3) is 0.533. The molecule has 13 heteroatoms. The third-order valence-corrected chi connectivity index (χ3v) is 4.71. The van der Waals surface area contributed by atoms with E-state index in [1.165, 1.54) is 0 Å². The molecule has 0 amide bonds. The van der Waals surface area contributed by atoms with E-state index in [-0.39, 0.29) is 6.29 Å². The first-order valence-corrected chi connectivity index (χ1v) is 7.08. The Labute approximate surface area is 148 Å². The molecule has 0 N–H and O–H groups in total. The third kappa shape index (κ3) is 2.00. The van der Waals surface area contributed by atoms with Gasteiger partial charge in [-0.25, -0.2) is 9.18 Å². The zero-order chi connectivity index (χ0) is 22.1. The summed E-state index contributed by atoms with van der Waals surface area (Å²) in [6, 6.07) is 0. The van der Waals surface area contributed by atoms with Crippen LogP contribution in [0.4, 0.5) is 48.3 Å². The van der Waals surface area contributed by atoms with E-state index in [0.29, 0.717) is 25.0 Å². The van der Waals surface area contributed by atoms with Gasteiger partial charge in [-0.2, -0.15) is 43.9 Å². The van der Waals surface area contributed by atoms with Gasteiger partial charge in [0.05, 0.1) is 11.5 Å². The molecule has 2 rings (SSSR count). The predicted molar refractivity (Wildman–Crippen MR) is 69.2 cm³/mol. The van der Waals surface area contributed by atoms with Crippen LogP contribution in [-0.2, 0) is 9.59 Å². The molecule has 156 valence electrons. The van der Waals surface area contributed by atoms with E-state index in [0.717, 1.165) is 0 Å². The number of carbonyl (C=O) groups is 1. The van der Waals surface area contributed by atoms with E-state index in [1.54, 1.807) is 0 Å². The second-order valence-electron chi connectivity index (χ2n) is 6.18. The van der Waals surface area contributed by atoms with E-state index in [1.807, 2.05) is 0 Å². The molecular formula is C15H7F11O2. The number of allylic oxidation sites excluding steroid dienone is 5. The van der Waals surface area contributed by atoms with Gasteiger partial charge < -0.3 is 0 Å². The quantitative estimate of drug-likeness (QED) is 0.373. The van der Waals surface area contributed by atoms with E-state index in [9.17, 15) is 53.5 Å². The number of alkyl halides is 11. The van der Waals surface area contributed by atoms with Gasteiger partial charge in [-0.3, -0.25) is 4.79 Å². The van der Waals surface area contributed by atoms with E-state index < -0.39 is 57.9 Å². The van der Waals surface area contributed by atoms with Crippen molar-refractivity contribution in [1.82, 2.24) is 0 Å². The molecule has 0 aromatic rings. The zero-order valence-corrected chi connectivity index (χ0v) is 13.3. The minimum absolute atomic E-state index is 0.371. The summed E-state index contributed by atoms with van der Waals surface area (Å²) in [6.45, 7) is 0.511. The average Bonchev–Trinajstić information content (AvgIpc) is 2.58. The molecule has 1 saturated carbocycles. The van der Waals surface area contributed by atoms with Crippen molar-refractivity contribution in [2.75, 3.05) is 0 Å². The molecule has 1 unspecified atom stereocenters. The molecule has 0 aromatic heterocycles. The van der Waals surface area contributed by atoms with Crippen molar-refractivity contribution in [3.05, 3.63) is 28.9 Å². The minimum atomic E-state index is -7.36. The van der Waals surface area contributed by atoms with Crippen LogP contribution in [0, 0.1) is 5.92 Å². The largest absolute Gasteiger partial charge is 0.384 e. The fourth-order valence-corrected chi connectivity index (χ4v) is 3.14. The summed E-state index contributed by atoms with van der Waals surface area (Å²) >= 11 is 0. The maximum atomic E-state index is 15.2. The Kier molecular flexibility index (Phi) is 4.49. The lowest BCUT2D eigenvalue weighted by Gasteiger charge is -2.55. The van der Waals surface area contributed by atoms with Crippen molar-refractivity contribution in [2.24, 2.45) is 5.92 Å². The molecule has 1 atom stereocenters. The standard InChI is InChI=1S/C15H7F11O2/c1-6-2-3-7(4-27)8(5-28)9(6)10(16)11(17,18)13(21,22)15(25,26)14(23,24)12(10,19)20/h2-4,9H,1H3. The van der Waals surface area contributed by atoms with Crippen LogP contribution in [-0.4, -0.2) is 47.5 Å². The first-order chi connectivity index (χ1) is 12.4. The second kappa shape index (κ2) is 5.68. The number of carbonyl (C=O) groups excluding carboxylic acids is 2. The molecule has 0 heterocycles. The van der Waals surface area contributed by atoms with Gasteiger partial charge in [0.15, 0.2) is 6.29 Å². The molecule has 0 aliphatic heterocycles. The van der Waals surface area contributed by atoms with Crippen LogP contribution in [0.2, 0.25) is 0 Å². The van der Waals surface area contributed by atoms with Crippen molar-refractivity contribution in [1.29, 1.82) is 0 Å². The minimum Gasteiger partial charge on any atom is -0.298 e. The SMILES string of the molecule is CC1=CC=C(C=O)C(=C=O)C1C1(F)C(F)(F)C(F)(F)C(F)(F)C(F)(F)C1(F)F. The molecule has 0 aromatic carbocycles. The molecule has 0 radical (unpaired) electrons. The van der Waals surface area contributed by atoms with E-state index >= 15 is 4.39 Å². The van der Waals surface area contributed by atoms with Crippen molar-refractivity contribution >= 4 is 12.2 Å². The summed E-state index contributed by atoms with van der Waals surface area (Å²) < 4.78 is 153.